The fraction of sp³-hybridized carbons (Fsp3) is 0.400. The zero-order chi connectivity index (χ0) is 14.7. The third kappa shape index (κ3) is 3.22. The number of benzene rings is 1. The first-order chi connectivity index (χ1) is 9.55. The summed E-state index contributed by atoms with van der Waals surface area (Å²) in [6.45, 7) is 2.01. The Morgan fingerprint density at radius 1 is 1.40 bits per heavy atom. The van der Waals surface area contributed by atoms with E-state index in [0.717, 1.165) is 22.3 Å². The molecule has 0 spiro atoms. The molecule has 5 heteroatoms. The van der Waals surface area contributed by atoms with Crippen LogP contribution in [0.4, 0.5) is 0 Å². The molecule has 0 saturated heterocycles. The van der Waals surface area contributed by atoms with Crippen LogP contribution in [-0.4, -0.2) is 23.9 Å². The predicted molar refractivity (Wildman–Crippen MR) is 84.1 cm³/mol. The Kier molecular flexibility index (Phi) is 4.83. The number of rotatable bonds is 5. The van der Waals surface area contributed by atoms with Gasteiger partial charge in [0.05, 0.1) is 12.8 Å². The quantitative estimate of drug-likeness (QED) is 0.911. The first-order valence-corrected chi connectivity index (χ1v) is 7.34. The fourth-order valence-electron chi connectivity index (χ4n) is 2.35. The molecule has 0 saturated carbocycles. The van der Waals surface area contributed by atoms with Gasteiger partial charge in [-0.1, -0.05) is 15.9 Å². The zero-order valence-corrected chi connectivity index (χ0v) is 13.9. The topological polar surface area (TPSA) is 39.1 Å². The van der Waals surface area contributed by atoms with Crippen LogP contribution in [0.5, 0.6) is 5.75 Å². The normalized spacial score (nSPS) is 12.4. The number of aryl methyl sites for hydroxylation is 2. The molecule has 108 valence electrons. The van der Waals surface area contributed by atoms with Gasteiger partial charge in [0.2, 0.25) is 0 Å². The van der Waals surface area contributed by atoms with Gasteiger partial charge in [-0.05, 0) is 43.8 Å². The first kappa shape index (κ1) is 15.1. The lowest BCUT2D eigenvalue weighted by Gasteiger charge is -2.19. The lowest BCUT2D eigenvalue weighted by atomic mass is 10.0. The third-order valence-electron chi connectivity index (χ3n) is 3.44. The average Bonchev–Trinajstić information content (AvgIpc) is 2.75. The SMILES string of the molecule is CNC(Cc1cc(C)nn1C)c1cc(OC)ccc1Br. The smallest absolute Gasteiger partial charge is 0.119 e. The van der Waals surface area contributed by atoms with Crippen molar-refractivity contribution in [3.8, 4) is 5.75 Å². The van der Waals surface area contributed by atoms with Crippen molar-refractivity contribution in [1.29, 1.82) is 0 Å². The monoisotopic (exact) mass is 337 g/mol. The maximum absolute atomic E-state index is 5.32. The largest absolute Gasteiger partial charge is 0.497 e. The van der Waals surface area contributed by atoms with Crippen LogP contribution in [-0.2, 0) is 13.5 Å². The summed E-state index contributed by atoms with van der Waals surface area (Å²) in [5.41, 5.74) is 3.43. The predicted octanol–water partition coefficient (Wildman–Crippen LogP) is 3.00. The Labute approximate surface area is 128 Å². The van der Waals surface area contributed by atoms with Gasteiger partial charge in [0, 0.05) is 29.7 Å². The van der Waals surface area contributed by atoms with Gasteiger partial charge in [-0.2, -0.15) is 5.10 Å². The van der Waals surface area contributed by atoms with Gasteiger partial charge < -0.3 is 10.1 Å². The summed E-state index contributed by atoms with van der Waals surface area (Å²) in [6, 6.07) is 8.36. The van der Waals surface area contributed by atoms with Gasteiger partial charge in [-0.15, -0.1) is 0 Å². The van der Waals surface area contributed by atoms with Crippen LogP contribution >= 0.6 is 15.9 Å². The highest BCUT2D eigenvalue weighted by atomic mass is 79.9. The number of ether oxygens (including phenoxy) is 1. The molecule has 0 fully saturated rings. The molecular formula is C15H20BrN3O. The highest BCUT2D eigenvalue weighted by molar-refractivity contribution is 9.10. The molecule has 1 aromatic carbocycles. The summed E-state index contributed by atoms with van der Waals surface area (Å²) in [6.07, 6.45) is 0.875. The lowest BCUT2D eigenvalue weighted by molar-refractivity contribution is 0.413. The number of aromatic nitrogens is 2. The third-order valence-corrected chi connectivity index (χ3v) is 4.16. The Morgan fingerprint density at radius 2 is 2.15 bits per heavy atom. The number of methoxy groups -OCH3 is 1. The van der Waals surface area contributed by atoms with E-state index in [4.69, 9.17) is 4.74 Å². The van der Waals surface area contributed by atoms with Crippen molar-refractivity contribution in [1.82, 2.24) is 15.1 Å². The Morgan fingerprint density at radius 3 is 2.70 bits per heavy atom. The molecule has 0 amide bonds. The molecule has 1 heterocycles. The van der Waals surface area contributed by atoms with Crippen LogP contribution in [0.2, 0.25) is 0 Å². The molecule has 1 N–H and O–H groups in total. The van der Waals surface area contributed by atoms with Crippen LogP contribution in [0.25, 0.3) is 0 Å². The van der Waals surface area contributed by atoms with E-state index in [9.17, 15) is 0 Å². The highest BCUT2D eigenvalue weighted by Crippen LogP contribution is 2.29. The van der Waals surface area contributed by atoms with Crippen molar-refractivity contribution < 1.29 is 4.74 Å². The van der Waals surface area contributed by atoms with Crippen LogP contribution in [0.15, 0.2) is 28.7 Å². The minimum absolute atomic E-state index is 0.203. The summed E-state index contributed by atoms with van der Waals surface area (Å²) < 4.78 is 8.33. The fourth-order valence-corrected chi connectivity index (χ4v) is 2.87. The summed E-state index contributed by atoms with van der Waals surface area (Å²) in [4.78, 5) is 0. The van der Waals surface area contributed by atoms with Gasteiger partial charge >= 0.3 is 0 Å². The number of hydrogen-bond donors (Lipinski definition) is 1. The molecule has 0 radical (unpaired) electrons. The van der Waals surface area contributed by atoms with Gasteiger partial charge in [-0.3, -0.25) is 4.68 Å². The minimum Gasteiger partial charge on any atom is -0.497 e. The molecule has 0 aliphatic heterocycles. The Bertz CT molecular complexity index is 595. The maximum atomic E-state index is 5.32. The average molecular weight is 338 g/mol. The molecular weight excluding hydrogens is 318 g/mol. The second kappa shape index (κ2) is 6.41. The van der Waals surface area contributed by atoms with E-state index in [1.165, 1.54) is 11.3 Å². The summed E-state index contributed by atoms with van der Waals surface area (Å²) in [5, 5.41) is 7.77. The zero-order valence-electron chi connectivity index (χ0n) is 12.3. The maximum Gasteiger partial charge on any atom is 0.119 e. The standard InChI is InChI=1S/C15H20BrN3O/c1-10-7-11(19(3)18-10)8-15(17-2)13-9-12(20-4)5-6-14(13)16/h5-7,9,15,17H,8H2,1-4H3. The van der Waals surface area contributed by atoms with Gasteiger partial charge in [-0.25, -0.2) is 0 Å². The van der Waals surface area contributed by atoms with Crippen molar-refractivity contribution in [3.63, 3.8) is 0 Å². The van der Waals surface area contributed by atoms with E-state index in [0.29, 0.717) is 0 Å². The van der Waals surface area contributed by atoms with Gasteiger partial charge in [0.1, 0.15) is 5.75 Å². The first-order valence-electron chi connectivity index (χ1n) is 6.55. The number of nitrogens with zero attached hydrogens (tertiary/aromatic N) is 2. The second-order valence-corrected chi connectivity index (χ2v) is 5.69. The van der Waals surface area contributed by atoms with Crippen molar-refractivity contribution in [2.75, 3.05) is 14.2 Å². The van der Waals surface area contributed by atoms with E-state index in [-0.39, 0.29) is 6.04 Å². The molecule has 1 unspecified atom stereocenters. The Balaban J connectivity index is 2.30. The summed E-state index contributed by atoms with van der Waals surface area (Å²) in [5.74, 6) is 0.865. The molecule has 0 aliphatic carbocycles. The van der Waals surface area contributed by atoms with Crippen molar-refractivity contribution in [2.45, 2.75) is 19.4 Å². The molecule has 1 atom stereocenters. The van der Waals surface area contributed by atoms with Crippen molar-refractivity contribution >= 4 is 15.9 Å². The molecule has 4 nitrogen and oxygen atoms in total. The van der Waals surface area contributed by atoms with Crippen molar-refractivity contribution in [2.24, 2.45) is 7.05 Å². The van der Waals surface area contributed by atoms with Crippen LogP contribution in [0.3, 0.4) is 0 Å². The Hall–Kier alpha value is -1.33. The highest BCUT2D eigenvalue weighted by Gasteiger charge is 2.16. The van der Waals surface area contributed by atoms with Crippen molar-refractivity contribution in [3.05, 3.63) is 45.7 Å². The van der Waals surface area contributed by atoms with Crippen LogP contribution in [0.1, 0.15) is 23.0 Å². The van der Waals surface area contributed by atoms with E-state index in [2.05, 4.69) is 38.5 Å². The van der Waals surface area contributed by atoms with Crippen LogP contribution in [0, 0.1) is 6.92 Å². The lowest BCUT2D eigenvalue weighted by Crippen LogP contribution is -2.20. The molecule has 0 aliphatic rings. The van der Waals surface area contributed by atoms with E-state index in [1.807, 2.05) is 37.8 Å². The summed E-state index contributed by atoms with van der Waals surface area (Å²) in [7, 11) is 5.64. The number of halogens is 1. The van der Waals surface area contributed by atoms with Crippen LogP contribution < -0.4 is 10.1 Å². The minimum atomic E-state index is 0.203. The molecule has 2 rings (SSSR count). The number of likely N-dealkylation sites (N-methyl/N-ethyl adjacent to an activating group) is 1. The molecule has 1 aromatic heterocycles. The van der Waals surface area contributed by atoms with Gasteiger partial charge in [0.15, 0.2) is 0 Å². The van der Waals surface area contributed by atoms with E-state index < -0.39 is 0 Å². The molecule has 2 aromatic rings. The second-order valence-electron chi connectivity index (χ2n) is 4.83. The molecule has 0 bridgehead atoms. The van der Waals surface area contributed by atoms with E-state index in [1.54, 1.807) is 7.11 Å². The summed E-state index contributed by atoms with van der Waals surface area (Å²) >= 11 is 3.62. The number of hydrogen-bond acceptors (Lipinski definition) is 3. The van der Waals surface area contributed by atoms with Gasteiger partial charge in [0.25, 0.3) is 0 Å². The number of nitrogens with one attached hydrogen (secondary N) is 1. The van der Waals surface area contributed by atoms with E-state index >= 15 is 0 Å². The molecule has 20 heavy (non-hydrogen) atoms.